The standard InChI is InChI=1S/C25H32N2O4/c1-4-30-23-8-6-5-7-22(23)25(29)27-15-13-20(14-16-27)26-24(28)17-31-21-11-9-19(10-12-21)18(2)3/h5-12,18,20H,4,13-17H2,1-3H3,(H,26,28). The monoisotopic (exact) mass is 424 g/mol. The molecule has 0 radical (unpaired) electrons. The zero-order valence-electron chi connectivity index (χ0n) is 18.6. The summed E-state index contributed by atoms with van der Waals surface area (Å²) in [4.78, 5) is 27.0. The van der Waals surface area contributed by atoms with Gasteiger partial charge in [-0.2, -0.15) is 0 Å². The molecule has 166 valence electrons. The van der Waals surface area contributed by atoms with E-state index in [0.29, 0.717) is 42.7 Å². The minimum atomic E-state index is -0.139. The minimum absolute atomic E-state index is 0.0120. The zero-order chi connectivity index (χ0) is 22.2. The fraction of sp³-hybridized carbons (Fsp3) is 0.440. The summed E-state index contributed by atoms with van der Waals surface area (Å²) < 4.78 is 11.2. The van der Waals surface area contributed by atoms with Gasteiger partial charge in [-0.05, 0) is 55.5 Å². The number of nitrogens with one attached hydrogen (secondary N) is 1. The summed E-state index contributed by atoms with van der Waals surface area (Å²) in [6.07, 6.45) is 1.44. The number of piperidine rings is 1. The van der Waals surface area contributed by atoms with E-state index in [1.165, 1.54) is 5.56 Å². The Morgan fingerprint density at radius 2 is 1.71 bits per heavy atom. The van der Waals surface area contributed by atoms with Gasteiger partial charge < -0.3 is 19.7 Å². The van der Waals surface area contributed by atoms with Crippen LogP contribution in [0.5, 0.6) is 11.5 Å². The van der Waals surface area contributed by atoms with Crippen molar-refractivity contribution in [1.29, 1.82) is 0 Å². The molecule has 1 heterocycles. The van der Waals surface area contributed by atoms with E-state index in [0.717, 1.165) is 12.8 Å². The molecule has 0 aliphatic carbocycles. The lowest BCUT2D eigenvalue weighted by molar-refractivity contribution is -0.124. The van der Waals surface area contributed by atoms with Crippen LogP contribution in [0.15, 0.2) is 48.5 Å². The second-order valence-corrected chi connectivity index (χ2v) is 8.08. The molecule has 0 bridgehead atoms. The van der Waals surface area contributed by atoms with Gasteiger partial charge in [0.05, 0.1) is 12.2 Å². The second-order valence-electron chi connectivity index (χ2n) is 8.08. The summed E-state index contributed by atoms with van der Waals surface area (Å²) in [5.74, 6) is 1.60. The van der Waals surface area contributed by atoms with E-state index in [-0.39, 0.29) is 24.5 Å². The van der Waals surface area contributed by atoms with Crippen LogP contribution in [0.25, 0.3) is 0 Å². The summed E-state index contributed by atoms with van der Waals surface area (Å²) in [5.41, 5.74) is 1.82. The number of likely N-dealkylation sites (tertiary alicyclic amines) is 1. The van der Waals surface area contributed by atoms with Crippen LogP contribution < -0.4 is 14.8 Å². The summed E-state index contributed by atoms with van der Waals surface area (Å²) in [6.45, 7) is 7.88. The predicted octanol–water partition coefficient (Wildman–Crippen LogP) is 4.01. The Labute approximate surface area is 184 Å². The highest BCUT2D eigenvalue weighted by molar-refractivity contribution is 5.97. The smallest absolute Gasteiger partial charge is 0.258 e. The van der Waals surface area contributed by atoms with Crippen LogP contribution in [0.4, 0.5) is 0 Å². The highest BCUT2D eigenvalue weighted by Gasteiger charge is 2.26. The van der Waals surface area contributed by atoms with E-state index < -0.39 is 0 Å². The highest BCUT2D eigenvalue weighted by atomic mass is 16.5. The first kappa shape index (κ1) is 22.7. The van der Waals surface area contributed by atoms with Gasteiger partial charge >= 0.3 is 0 Å². The highest BCUT2D eigenvalue weighted by Crippen LogP contribution is 2.22. The Morgan fingerprint density at radius 3 is 2.35 bits per heavy atom. The van der Waals surface area contributed by atoms with Gasteiger partial charge in [-0.15, -0.1) is 0 Å². The van der Waals surface area contributed by atoms with Crippen molar-refractivity contribution in [3.63, 3.8) is 0 Å². The molecule has 1 fully saturated rings. The minimum Gasteiger partial charge on any atom is -0.493 e. The van der Waals surface area contributed by atoms with Crippen LogP contribution in [0.2, 0.25) is 0 Å². The van der Waals surface area contributed by atoms with Crippen LogP contribution in [0, 0.1) is 0 Å². The van der Waals surface area contributed by atoms with Crippen molar-refractivity contribution in [3.8, 4) is 11.5 Å². The molecule has 6 nitrogen and oxygen atoms in total. The normalized spacial score (nSPS) is 14.4. The summed E-state index contributed by atoms with van der Waals surface area (Å²) >= 11 is 0. The zero-order valence-corrected chi connectivity index (χ0v) is 18.6. The molecule has 0 atom stereocenters. The first-order valence-corrected chi connectivity index (χ1v) is 11.0. The van der Waals surface area contributed by atoms with Crippen molar-refractivity contribution >= 4 is 11.8 Å². The van der Waals surface area contributed by atoms with Crippen molar-refractivity contribution in [3.05, 3.63) is 59.7 Å². The summed E-state index contributed by atoms with van der Waals surface area (Å²) in [5, 5.41) is 3.02. The number of rotatable bonds is 8. The molecule has 31 heavy (non-hydrogen) atoms. The van der Waals surface area contributed by atoms with Crippen molar-refractivity contribution in [2.45, 2.75) is 45.6 Å². The van der Waals surface area contributed by atoms with Gasteiger partial charge in [0.1, 0.15) is 11.5 Å². The maximum absolute atomic E-state index is 12.9. The molecule has 1 aliphatic heterocycles. The number of hydrogen-bond acceptors (Lipinski definition) is 4. The van der Waals surface area contributed by atoms with Crippen molar-refractivity contribution < 1.29 is 19.1 Å². The third kappa shape index (κ3) is 6.23. The number of benzene rings is 2. The molecule has 1 N–H and O–H groups in total. The molecule has 2 aromatic rings. The van der Waals surface area contributed by atoms with E-state index in [2.05, 4.69) is 19.2 Å². The van der Waals surface area contributed by atoms with Crippen LogP contribution in [-0.2, 0) is 4.79 Å². The van der Waals surface area contributed by atoms with Gasteiger partial charge in [-0.1, -0.05) is 38.1 Å². The Hall–Kier alpha value is -3.02. The molecule has 0 unspecified atom stereocenters. The fourth-order valence-corrected chi connectivity index (χ4v) is 3.69. The number of carbonyl (C=O) groups is 2. The van der Waals surface area contributed by atoms with Gasteiger partial charge in [-0.3, -0.25) is 9.59 Å². The molecule has 0 saturated carbocycles. The van der Waals surface area contributed by atoms with Gasteiger partial charge in [0, 0.05) is 19.1 Å². The van der Waals surface area contributed by atoms with Crippen molar-refractivity contribution in [2.24, 2.45) is 0 Å². The van der Waals surface area contributed by atoms with Crippen LogP contribution in [0.1, 0.15) is 55.5 Å². The third-order valence-corrected chi connectivity index (χ3v) is 5.48. The van der Waals surface area contributed by atoms with Gasteiger partial charge in [0.2, 0.25) is 0 Å². The van der Waals surface area contributed by atoms with E-state index in [4.69, 9.17) is 9.47 Å². The molecule has 2 aromatic carbocycles. The number of para-hydroxylation sites is 1. The number of nitrogens with zero attached hydrogens (tertiary/aromatic N) is 1. The van der Waals surface area contributed by atoms with Gasteiger partial charge in [0.25, 0.3) is 11.8 Å². The Kier molecular flexibility index (Phi) is 7.93. The SMILES string of the molecule is CCOc1ccccc1C(=O)N1CCC(NC(=O)COc2ccc(C(C)C)cc2)CC1. The third-order valence-electron chi connectivity index (χ3n) is 5.48. The molecule has 1 saturated heterocycles. The lowest BCUT2D eigenvalue weighted by Gasteiger charge is -2.32. The largest absolute Gasteiger partial charge is 0.493 e. The van der Waals surface area contributed by atoms with Crippen molar-refractivity contribution in [2.75, 3.05) is 26.3 Å². The Bertz CT molecular complexity index is 871. The lowest BCUT2D eigenvalue weighted by Crippen LogP contribution is -2.47. The quantitative estimate of drug-likeness (QED) is 0.695. The predicted molar refractivity (Wildman–Crippen MR) is 121 cm³/mol. The topological polar surface area (TPSA) is 67.9 Å². The maximum atomic E-state index is 12.9. The summed E-state index contributed by atoms with van der Waals surface area (Å²) in [6, 6.07) is 15.2. The first-order valence-electron chi connectivity index (χ1n) is 11.0. The van der Waals surface area contributed by atoms with Crippen LogP contribution in [0.3, 0.4) is 0 Å². The molecule has 6 heteroatoms. The fourth-order valence-electron chi connectivity index (χ4n) is 3.69. The van der Waals surface area contributed by atoms with Gasteiger partial charge in [0.15, 0.2) is 6.61 Å². The van der Waals surface area contributed by atoms with E-state index in [1.54, 1.807) is 6.07 Å². The van der Waals surface area contributed by atoms with E-state index >= 15 is 0 Å². The number of ether oxygens (including phenoxy) is 2. The molecule has 1 aliphatic rings. The first-order chi connectivity index (χ1) is 15.0. The van der Waals surface area contributed by atoms with Crippen molar-refractivity contribution in [1.82, 2.24) is 10.2 Å². The Balaban J connectivity index is 1.44. The lowest BCUT2D eigenvalue weighted by atomic mass is 10.0. The van der Waals surface area contributed by atoms with Crippen LogP contribution >= 0.6 is 0 Å². The number of carbonyl (C=O) groups excluding carboxylic acids is 2. The number of hydrogen-bond donors (Lipinski definition) is 1. The molecular formula is C25H32N2O4. The summed E-state index contributed by atoms with van der Waals surface area (Å²) in [7, 11) is 0. The molecule has 2 amide bonds. The van der Waals surface area contributed by atoms with Crippen LogP contribution in [-0.4, -0.2) is 49.1 Å². The number of amides is 2. The molecule has 3 rings (SSSR count). The average Bonchev–Trinajstić information content (AvgIpc) is 2.78. The molecule has 0 aromatic heterocycles. The average molecular weight is 425 g/mol. The van der Waals surface area contributed by atoms with E-state index in [1.807, 2.05) is 54.3 Å². The maximum Gasteiger partial charge on any atom is 0.258 e. The molecule has 0 spiro atoms. The Morgan fingerprint density at radius 1 is 1.03 bits per heavy atom. The van der Waals surface area contributed by atoms with E-state index in [9.17, 15) is 9.59 Å². The second kappa shape index (κ2) is 10.8. The van der Waals surface area contributed by atoms with Gasteiger partial charge in [-0.25, -0.2) is 0 Å². The molecular weight excluding hydrogens is 392 g/mol.